The largest absolute Gasteiger partial charge is 0.436 e. The fourth-order valence-corrected chi connectivity index (χ4v) is 5.46. The number of sulfone groups is 1. The third kappa shape index (κ3) is 3.97. The lowest BCUT2D eigenvalue weighted by molar-refractivity contribution is 0.596. The fourth-order valence-electron chi connectivity index (χ4n) is 3.77. The topological polar surface area (TPSA) is 86.2 Å². The smallest absolute Gasteiger partial charge is 0.227 e. The summed E-state index contributed by atoms with van der Waals surface area (Å²) in [6.07, 6.45) is 0. The van der Waals surface area contributed by atoms with Crippen LogP contribution in [0.3, 0.4) is 0 Å². The van der Waals surface area contributed by atoms with Gasteiger partial charge >= 0.3 is 0 Å². The van der Waals surface area contributed by atoms with Gasteiger partial charge in [-0.2, -0.15) is 0 Å². The van der Waals surface area contributed by atoms with E-state index in [0.29, 0.717) is 55.2 Å². The first-order valence-electron chi connectivity index (χ1n) is 10.4. The average Bonchev–Trinajstić information content (AvgIpc) is 3.47. The molecular formula is C26H14Cl2N2O4S. The van der Waals surface area contributed by atoms with Crippen LogP contribution in [-0.4, -0.2) is 18.4 Å². The molecule has 0 bridgehead atoms. The van der Waals surface area contributed by atoms with Crippen LogP contribution in [0.25, 0.3) is 45.1 Å². The molecule has 0 spiro atoms. The van der Waals surface area contributed by atoms with Crippen molar-refractivity contribution in [2.45, 2.75) is 9.79 Å². The van der Waals surface area contributed by atoms with Crippen LogP contribution in [0.5, 0.6) is 0 Å². The second-order valence-electron chi connectivity index (χ2n) is 7.82. The van der Waals surface area contributed by atoms with Crippen LogP contribution in [0.4, 0.5) is 0 Å². The predicted octanol–water partition coefficient (Wildman–Crippen LogP) is 7.44. The molecule has 0 saturated carbocycles. The number of hydrogen-bond donors (Lipinski definition) is 0. The summed E-state index contributed by atoms with van der Waals surface area (Å²) < 4.78 is 38.4. The first kappa shape index (κ1) is 21.9. The Balaban J connectivity index is 1.38. The van der Waals surface area contributed by atoms with Gasteiger partial charge in [-0.1, -0.05) is 35.3 Å². The third-order valence-corrected chi connectivity index (χ3v) is 7.70. The molecule has 0 saturated heterocycles. The SMILES string of the molecule is O=S(=O)(c1ccc2oc(-c3cccc(Cl)c3)nc2c1)c1ccc2oc(-c3cccc(Cl)c3)nc2c1. The van der Waals surface area contributed by atoms with Crippen molar-refractivity contribution in [1.29, 1.82) is 0 Å². The van der Waals surface area contributed by atoms with Gasteiger partial charge in [0.1, 0.15) is 11.0 Å². The van der Waals surface area contributed by atoms with Gasteiger partial charge in [-0.3, -0.25) is 0 Å². The van der Waals surface area contributed by atoms with E-state index in [2.05, 4.69) is 9.97 Å². The van der Waals surface area contributed by atoms with Crippen molar-refractivity contribution in [2.24, 2.45) is 0 Å². The van der Waals surface area contributed by atoms with E-state index in [1.54, 1.807) is 48.5 Å². The fraction of sp³-hybridized carbons (Fsp3) is 0. The molecule has 0 atom stereocenters. The highest BCUT2D eigenvalue weighted by atomic mass is 35.5. The molecule has 0 amide bonds. The molecule has 0 aliphatic heterocycles. The van der Waals surface area contributed by atoms with Crippen molar-refractivity contribution < 1.29 is 17.3 Å². The molecule has 6 aromatic rings. The zero-order chi connectivity index (χ0) is 24.2. The summed E-state index contributed by atoms with van der Waals surface area (Å²) in [7, 11) is -3.85. The summed E-state index contributed by atoms with van der Waals surface area (Å²) in [6, 6.07) is 23.3. The van der Waals surface area contributed by atoms with Gasteiger partial charge in [0.2, 0.25) is 21.6 Å². The van der Waals surface area contributed by atoms with Crippen LogP contribution in [0.1, 0.15) is 0 Å². The van der Waals surface area contributed by atoms with Gasteiger partial charge in [0.05, 0.1) is 9.79 Å². The monoisotopic (exact) mass is 520 g/mol. The van der Waals surface area contributed by atoms with Crippen molar-refractivity contribution in [2.75, 3.05) is 0 Å². The van der Waals surface area contributed by atoms with E-state index in [0.717, 1.165) is 0 Å². The molecule has 0 aliphatic carbocycles. The Morgan fingerprint density at radius 2 is 1.06 bits per heavy atom. The summed E-state index contributed by atoms with van der Waals surface area (Å²) in [6.45, 7) is 0. The summed E-state index contributed by atoms with van der Waals surface area (Å²) >= 11 is 12.1. The standard InChI is InChI=1S/C26H14Cl2N2O4S/c27-17-5-1-3-15(11-17)25-29-21-13-19(7-9-23(21)33-25)35(31,32)20-8-10-24-22(14-20)30-26(34-24)16-4-2-6-18(28)12-16/h1-14H. The highest BCUT2D eigenvalue weighted by Crippen LogP contribution is 2.32. The third-order valence-electron chi connectivity index (χ3n) is 5.48. The first-order chi connectivity index (χ1) is 16.9. The molecule has 0 unspecified atom stereocenters. The maximum Gasteiger partial charge on any atom is 0.227 e. The lowest BCUT2D eigenvalue weighted by atomic mass is 10.2. The van der Waals surface area contributed by atoms with E-state index >= 15 is 0 Å². The molecule has 6 nitrogen and oxygen atoms in total. The number of fused-ring (bicyclic) bond motifs is 2. The second kappa shape index (κ2) is 8.23. The Hall–Kier alpha value is -3.65. The van der Waals surface area contributed by atoms with Gasteiger partial charge in [-0.15, -0.1) is 0 Å². The Morgan fingerprint density at radius 1 is 0.600 bits per heavy atom. The number of nitrogens with zero attached hydrogens (tertiary/aromatic N) is 2. The Kier molecular flexibility index (Phi) is 5.14. The quantitative estimate of drug-likeness (QED) is 0.240. The van der Waals surface area contributed by atoms with Crippen LogP contribution in [0.15, 0.2) is 104 Å². The highest BCUT2D eigenvalue weighted by molar-refractivity contribution is 7.91. The van der Waals surface area contributed by atoms with Crippen molar-refractivity contribution in [1.82, 2.24) is 9.97 Å². The minimum absolute atomic E-state index is 0.0915. The minimum Gasteiger partial charge on any atom is -0.436 e. The number of halogens is 2. The number of rotatable bonds is 4. The predicted molar refractivity (Wildman–Crippen MR) is 134 cm³/mol. The van der Waals surface area contributed by atoms with Gasteiger partial charge in [0, 0.05) is 21.2 Å². The van der Waals surface area contributed by atoms with E-state index < -0.39 is 9.84 Å². The normalized spacial score (nSPS) is 11.9. The molecule has 172 valence electrons. The maximum atomic E-state index is 13.4. The zero-order valence-electron chi connectivity index (χ0n) is 17.8. The molecule has 2 aromatic heterocycles. The Bertz CT molecular complexity index is 1730. The first-order valence-corrected chi connectivity index (χ1v) is 12.7. The average molecular weight is 521 g/mol. The van der Waals surface area contributed by atoms with Crippen molar-refractivity contribution >= 4 is 55.2 Å². The number of benzene rings is 4. The van der Waals surface area contributed by atoms with E-state index in [4.69, 9.17) is 32.0 Å². The van der Waals surface area contributed by atoms with Crippen LogP contribution < -0.4 is 0 Å². The van der Waals surface area contributed by atoms with Gasteiger partial charge in [0.25, 0.3) is 0 Å². The molecular weight excluding hydrogens is 507 g/mol. The number of aromatic nitrogens is 2. The van der Waals surface area contributed by atoms with Gasteiger partial charge in [-0.05, 0) is 72.8 Å². The van der Waals surface area contributed by atoms with Gasteiger partial charge in [-0.25, -0.2) is 18.4 Å². The maximum absolute atomic E-state index is 13.4. The van der Waals surface area contributed by atoms with E-state index in [9.17, 15) is 8.42 Å². The van der Waals surface area contributed by atoms with E-state index in [1.165, 1.54) is 24.3 Å². The van der Waals surface area contributed by atoms with Crippen LogP contribution in [0, 0.1) is 0 Å². The van der Waals surface area contributed by atoms with Crippen LogP contribution >= 0.6 is 23.2 Å². The molecule has 0 radical (unpaired) electrons. The Labute approximate surface area is 209 Å². The second-order valence-corrected chi connectivity index (χ2v) is 10.6. The molecule has 0 N–H and O–H groups in total. The summed E-state index contributed by atoms with van der Waals surface area (Å²) in [5.74, 6) is 0.712. The van der Waals surface area contributed by atoms with Crippen LogP contribution in [0.2, 0.25) is 10.0 Å². The summed E-state index contributed by atoms with van der Waals surface area (Å²) in [5, 5.41) is 1.10. The molecule has 0 aliphatic rings. The summed E-state index contributed by atoms with van der Waals surface area (Å²) in [5.41, 5.74) is 3.18. The lowest BCUT2D eigenvalue weighted by Gasteiger charge is -2.04. The summed E-state index contributed by atoms with van der Waals surface area (Å²) in [4.78, 5) is 9.10. The number of oxazole rings is 2. The minimum atomic E-state index is -3.85. The highest BCUT2D eigenvalue weighted by Gasteiger charge is 2.21. The molecule has 0 fully saturated rings. The van der Waals surface area contributed by atoms with Gasteiger partial charge in [0.15, 0.2) is 11.2 Å². The molecule has 4 aromatic carbocycles. The molecule has 35 heavy (non-hydrogen) atoms. The zero-order valence-corrected chi connectivity index (χ0v) is 20.1. The number of hydrogen-bond acceptors (Lipinski definition) is 6. The molecule has 9 heteroatoms. The molecule has 2 heterocycles. The van der Waals surface area contributed by atoms with Crippen LogP contribution in [-0.2, 0) is 9.84 Å². The lowest BCUT2D eigenvalue weighted by Crippen LogP contribution is -2.01. The van der Waals surface area contributed by atoms with Crippen molar-refractivity contribution in [3.8, 4) is 22.9 Å². The molecule has 6 rings (SSSR count). The van der Waals surface area contributed by atoms with Gasteiger partial charge < -0.3 is 8.83 Å². The van der Waals surface area contributed by atoms with E-state index in [-0.39, 0.29) is 9.79 Å². The van der Waals surface area contributed by atoms with E-state index in [1.807, 2.05) is 12.1 Å². The Morgan fingerprint density at radius 3 is 1.49 bits per heavy atom. The van der Waals surface area contributed by atoms with Crippen molar-refractivity contribution in [3.63, 3.8) is 0 Å². The van der Waals surface area contributed by atoms with Crippen molar-refractivity contribution in [3.05, 3.63) is 95.0 Å².